The van der Waals surface area contributed by atoms with E-state index in [4.69, 9.17) is 5.73 Å². The number of allylic oxidation sites excluding steroid dienone is 4. The number of ketones is 1. The molecule has 0 spiro atoms. The fraction of sp³-hybridized carbons (Fsp3) is 0.519. The maximum Gasteiger partial charge on any atom is 0.156 e. The van der Waals surface area contributed by atoms with E-state index in [1.807, 2.05) is 13.0 Å². The van der Waals surface area contributed by atoms with E-state index >= 15 is 0 Å². The van der Waals surface area contributed by atoms with Crippen molar-refractivity contribution < 1.29 is 4.79 Å². The number of carbonyl (C=O) groups is 1. The van der Waals surface area contributed by atoms with Gasteiger partial charge in [-0.05, 0) is 86.5 Å². The van der Waals surface area contributed by atoms with E-state index in [9.17, 15) is 4.79 Å². The van der Waals surface area contributed by atoms with Crippen molar-refractivity contribution in [3.63, 3.8) is 0 Å². The van der Waals surface area contributed by atoms with Gasteiger partial charge in [0, 0.05) is 23.8 Å². The first-order valence-electron chi connectivity index (χ1n) is 11.3. The molecule has 4 aliphatic carbocycles. The minimum atomic E-state index is 0.0403. The summed E-state index contributed by atoms with van der Waals surface area (Å²) in [5.41, 5.74) is 13.0. The van der Waals surface area contributed by atoms with Gasteiger partial charge in [-0.3, -0.25) is 4.79 Å². The van der Waals surface area contributed by atoms with E-state index in [2.05, 4.69) is 42.2 Å². The normalized spacial score (nSPS) is 34.3. The largest absolute Gasteiger partial charge is 0.323 e. The summed E-state index contributed by atoms with van der Waals surface area (Å²) in [7, 11) is 0. The van der Waals surface area contributed by atoms with Crippen molar-refractivity contribution in [3.8, 4) is 11.8 Å². The van der Waals surface area contributed by atoms with Crippen LogP contribution in [0.1, 0.15) is 69.9 Å². The van der Waals surface area contributed by atoms with Crippen LogP contribution >= 0.6 is 0 Å². The maximum absolute atomic E-state index is 11.9. The Hall–Kier alpha value is -2.11. The minimum Gasteiger partial charge on any atom is -0.323 e. The highest BCUT2D eigenvalue weighted by Gasteiger charge is 2.58. The number of fused-ring (bicyclic) bond motifs is 4. The van der Waals surface area contributed by atoms with Crippen LogP contribution in [0.3, 0.4) is 0 Å². The topological polar surface area (TPSA) is 43.1 Å². The molecule has 2 N–H and O–H groups in total. The Kier molecular flexibility index (Phi) is 4.75. The van der Waals surface area contributed by atoms with Crippen LogP contribution in [0.25, 0.3) is 0 Å². The second-order valence-corrected chi connectivity index (χ2v) is 9.42. The van der Waals surface area contributed by atoms with Crippen molar-refractivity contribution in [2.24, 2.45) is 28.9 Å². The molecular formula is C27H31NO. The molecule has 2 saturated carbocycles. The van der Waals surface area contributed by atoms with Crippen LogP contribution in [0.4, 0.5) is 0 Å². The standard InChI is InChI=1S/C27H31NO/c1-2-6-20-10-14-25-24-12-9-19-17-21(29)11-13-22(19)23(24)15-16-27(20,25)26(28)18-7-4-3-5-8-18/h3-5,7-8,17,20,24-26H,9-16,28H2,1H3/t20-,24-,25+,26?,27+/m1/s1. The molecule has 0 saturated heterocycles. The zero-order chi connectivity index (χ0) is 20.0. The first kappa shape index (κ1) is 18.9. The van der Waals surface area contributed by atoms with Gasteiger partial charge < -0.3 is 5.73 Å². The Bertz CT molecular complexity index is 944. The van der Waals surface area contributed by atoms with Crippen molar-refractivity contribution in [2.75, 3.05) is 0 Å². The van der Waals surface area contributed by atoms with E-state index in [0.717, 1.165) is 25.7 Å². The predicted octanol–water partition coefficient (Wildman–Crippen LogP) is 5.51. The highest BCUT2D eigenvalue weighted by Crippen LogP contribution is 2.65. The van der Waals surface area contributed by atoms with Crippen molar-refractivity contribution in [2.45, 2.75) is 64.3 Å². The number of rotatable bonds is 2. The Morgan fingerprint density at radius 2 is 1.90 bits per heavy atom. The molecule has 1 unspecified atom stereocenters. The third kappa shape index (κ3) is 2.86. The van der Waals surface area contributed by atoms with E-state index < -0.39 is 0 Å². The molecule has 2 fully saturated rings. The average molecular weight is 386 g/mol. The number of hydrogen-bond acceptors (Lipinski definition) is 2. The molecule has 150 valence electrons. The monoisotopic (exact) mass is 385 g/mol. The molecule has 0 aliphatic heterocycles. The second kappa shape index (κ2) is 7.29. The summed E-state index contributed by atoms with van der Waals surface area (Å²) in [5, 5.41) is 0. The van der Waals surface area contributed by atoms with Gasteiger partial charge in [0.05, 0.1) is 0 Å². The summed E-state index contributed by atoms with van der Waals surface area (Å²) in [6, 6.07) is 10.7. The molecule has 29 heavy (non-hydrogen) atoms. The van der Waals surface area contributed by atoms with E-state index in [0.29, 0.717) is 30.0 Å². The molecule has 1 aromatic carbocycles. The Morgan fingerprint density at radius 3 is 2.69 bits per heavy atom. The van der Waals surface area contributed by atoms with E-state index in [1.165, 1.54) is 36.0 Å². The number of hydrogen-bond donors (Lipinski definition) is 1. The molecule has 2 nitrogen and oxygen atoms in total. The Morgan fingerprint density at radius 1 is 1.07 bits per heavy atom. The second-order valence-electron chi connectivity index (χ2n) is 9.42. The molecule has 0 amide bonds. The van der Waals surface area contributed by atoms with Crippen molar-refractivity contribution in [3.05, 3.63) is 58.7 Å². The zero-order valence-corrected chi connectivity index (χ0v) is 17.4. The molecule has 2 heteroatoms. The summed E-state index contributed by atoms with van der Waals surface area (Å²) in [5.74, 6) is 8.77. The molecule has 0 bridgehead atoms. The van der Waals surface area contributed by atoms with Gasteiger partial charge in [-0.15, -0.1) is 5.92 Å². The van der Waals surface area contributed by atoms with Crippen LogP contribution in [0.15, 0.2) is 53.1 Å². The lowest BCUT2D eigenvalue weighted by atomic mass is 9.52. The molecule has 0 radical (unpaired) electrons. The molecule has 5 rings (SSSR count). The average Bonchev–Trinajstić information content (AvgIpc) is 3.13. The fourth-order valence-electron chi connectivity index (χ4n) is 7.22. The van der Waals surface area contributed by atoms with Crippen molar-refractivity contribution in [1.29, 1.82) is 0 Å². The smallest absolute Gasteiger partial charge is 0.156 e. The SMILES string of the molecule is CC#C[C@@H]1CC[C@H]2[C@@H]3CCC4=CC(=O)CCC4=C3CC[C@]12C(N)c1ccccc1. The first-order valence-corrected chi connectivity index (χ1v) is 11.3. The third-order valence-electron chi connectivity index (χ3n) is 8.38. The van der Waals surface area contributed by atoms with Gasteiger partial charge in [0.1, 0.15) is 0 Å². The highest BCUT2D eigenvalue weighted by molar-refractivity contribution is 5.93. The van der Waals surface area contributed by atoms with Crippen molar-refractivity contribution >= 4 is 5.78 Å². The van der Waals surface area contributed by atoms with Crippen LogP contribution in [-0.2, 0) is 4.79 Å². The van der Waals surface area contributed by atoms with E-state index in [1.54, 1.807) is 5.57 Å². The van der Waals surface area contributed by atoms with Gasteiger partial charge in [-0.2, -0.15) is 0 Å². The molecule has 0 heterocycles. The fourth-order valence-corrected chi connectivity index (χ4v) is 7.22. The van der Waals surface area contributed by atoms with Crippen LogP contribution in [0.5, 0.6) is 0 Å². The van der Waals surface area contributed by atoms with Gasteiger partial charge in [0.2, 0.25) is 0 Å². The molecule has 0 aromatic heterocycles. The minimum absolute atomic E-state index is 0.0403. The van der Waals surface area contributed by atoms with Gasteiger partial charge >= 0.3 is 0 Å². The third-order valence-corrected chi connectivity index (χ3v) is 8.38. The van der Waals surface area contributed by atoms with Crippen LogP contribution < -0.4 is 5.73 Å². The lowest BCUT2D eigenvalue weighted by Gasteiger charge is -2.53. The van der Waals surface area contributed by atoms with Crippen LogP contribution in [0, 0.1) is 35.0 Å². The summed E-state index contributed by atoms with van der Waals surface area (Å²) in [4.78, 5) is 11.9. The maximum atomic E-state index is 11.9. The van der Waals surface area contributed by atoms with Gasteiger partial charge in [-0.1, -0.05) is 41.8 Å². The van der Waals surface area contributed by atoms with Gasteiger partial charge in [-0.25, -0.2) is 0 Å². The zero-order valence-electron chi connectivity index (χ0n) is 17.4. The molecule has 1 aromatic rings. The number of benzene rings is 1. The molecular weight excluding hydrogens is 354 g/mol. The molecule has 5 atom stereocenters. The summed E-state index contributed by atoms with van der Waals surface area (Å²) in [6.07, 6.45) is 10.5. The highest BCUT2D eigenvalue weighted by atomic mass is 16.1. The summed E-state index contributed by atoms with van der Waals surface area (Å²) < 4.78 is 0. The number of carbonyl (C=O) groups excluding carboxylic acids is 1. The van der Waals surface area contributed by atoms with Gasteiger partial charge in [0.15, 0.2) is 5.78 Å². The van der Waals surface area contributed by atoms with Crippen LogP contribution in [0.2, 0.25) is 0 Å². The van der Waals surface area contributed by atoms with Crippen LogP contribution in [-0.4, -0.2) is 5.78 Å². The summed E-state index contributed by atoms with van der Waals surface area (Å²) in [6.45, 7) is 1.97. The van der Waals surface area contributed by atoms with Crippen molar-refractivity contribution in [1.82, 2.24) is 0 Å². The van der Waals surface area contributed by atoms with E-state index in [-0.39, 0.29) is 11.5 Å². The quantitative estimate of drug-likeness (QED) is 0.682. The lowest BCUT2D eigenvalue weighted by Crippen LogP contribution is -2.48. The Balaban J connectivity index is 1.58. The lowest BCUT2D eigenvalue weighted by molar-refractivity contribution is -0.114. The van der Waals surface area contributed by atoms with Gasteiger partial charge in [0.25, 0.3) is 0 Å². The summed E-state index contributed by atoms with van der Waals surface area (Å²) >= 11 is 0. The molecule has 4 aliphatic rings. The predicted molar refractivity (Wildman–Crippen MR) is 117 cm³/mol. The number of nitrogens with two attached hydrogens (primary N) is 1. The Labute approximate surface area is 174 Å². The first-order chi connectivity index (χ1) is 14.1.